The fourth-order valence-corrected chi connectivity index (χ4v) is 1.45. The van der Waals surface area contributed by atoms with Crippen LogP contribution in [0.4, 0.5) is 4.39 Å². The topological polar surface area (TPSA) is 20.3 Å². The van der Waals surface area contributed by atoms with Crippen LogP contribution in [-0.2, 0) is 0 Å². The Bertz CT molecular complexity index is 411. The number of nitrogens with zero attached hydrogens (tertiary/aromatic N) is 1. The van der Waals surface area contributed by atoms with E-state index < -0.39 is 5.82 Å². The summed E-state index contributed by atoms with van der Waals surface area (Å²) in [6.45, 7) is 3.71. The second kappa shape index (κ2) is 2.42. The standard InChI is InChI=1S/C10H8FNO/c1-6-7-4-3-5-8(11)9(7)10(13)12(6)2/h3-5H,1H2,2H3. The Labute approximate surface area is 75.3 Å². The summed E-state index contributed by atoms with van der Waals surface area (Å²) in [5.74, 6) is -0.800. The largest absolute Gasteiger partial charge is 0.311 e. The van der Waals surface area contributed by atoms with Crippen molar-refractivity contribution in [1.29, 1.82) is 0 Å². The number of halogens is 1. The van der Waals surface area contributed by atoms with Gasteiger partial charge in [0.2, 0.25) is 0 Å². The van der Waals surface area contributed by atoms with Crippen LogP contribution < -0.4 is 0 Å². The highest BCUT2D eigenvalue weighted by Gasteiger charge is 2.30. The van der Waals surface area contributed by atoms with Crippen molar-refractivity contribution < 1.29 is 9.18 Å². The van der Waals surface area contributed by atoms with Gasteiger partial charge in [-0.3, -0.25) is 4.79 Å². The maximum atomic E-state index is 13.2. The molecule has 1 aromatic carbocycles. The highest BCUT2D eigenvalue weighted by Crippen LogP contribution is 2.31. The highest BCUT2D eigenvalue weighted by molar-refractivity contribution is 6.08. The average Bonchev–Trinajstić information content (AvgIpc) is 2.33. The zero-order valence-corrected chi connectivity index (χ0v) is 7.17. The lowest BCUT2D eigenvalue weighted by Gasteiger charge is -2.07. The molecule has 0 saturated heterocycles. The Hall–Kier alpha value is -1.64. The first kappa shape index (κ1) is 7.98. The van der Waals surface area contributed by atoms with Crippen LogP contribution in [0.2, 0.25) is 0 Å². The predicted molar refractivity (Wildman–Crippen MR) is 47.5 cm³/mol. The van der Waals surface area contributed by atoms with Crippen molar-refractivity contribution in [3.8, 4) is 0 Å². The molecule has 0 bridgehead atoms. The molecule has 1 amide bonds. The van der Waals surface area contributed by atoms with Gasteiger partial charge in [0.1, 0.15) is 5.82 Å². The predicted octanol–water partition coefficient (Wildman–Crippen LogP) is 1.88. The number of carbonyl (C=O) groups excluding carboxylic acids is 1. The monoisotopic (exact) mass is 177 g/mol. The highest BCUT2D eigenvalue weighted by atomic mass is 19.1. The number of fused-ring (bicyclic) bond motifs is 1. The molecule has 0 radical (unpaired) electrons. The minimum atomic E-state index is -0.479. The molecule has 0 saturated carbocycles. The fourth-order valence-electron chi connectivity index (χ4n) is 1.45. The zero-order chi connectivity index (χ0) is 9.59. The molecule has 1 aromatic rings. The van der Waals surface area contributed by atoms with Crippen molar-refractivity contribution in [2.45, 2.75) is 0 Å². The molecule has 1 aliphatic heterocycles. The first-order valence-corrected chi connectivity index (χ1v) is 3.89. The lowest BCUT2D eigenvalue weighted by atomic mass is 10.1. The molecule has 1 heterocycles. The first-order valence-electron chi connectivity index (χ1n) is 3.89. The molecule has 0 aliphatic carbocycles. The fraction of sp³-hybridized carbons (Fsp3) is 0.100. The van der Waals surface area contributed by atoms with E-state index in [1.807, 2.05) is 0 Å². The Morgan fingerprint density at radius 2 is 2.15 bits per heavy atom. The van der Waals surface area contributed by atoms with Crippen LogP contribution in [0, 0.1) is 5.82 Å². The molecule has 2 rings (SSSR count). The minimum Gasteiger partial charge on any atom is -0.311 e. The third kappa shape index (κ3) is 0.900. The Balaban J connectivity index is 2.74. The van der Waals surface area contributed by atoms with Crippen molar-refractivity contribution in [3.63, 3.8) is 0 Å². The van der Waals surface area contributed by atoms with Gasteiger partial charge in [0.05, 0.1) is 5.56 Å². The van der Waals surface area contributed by atoms with Crippen LogP contribution >= 0.6 is 0 Å². The van der Waals surface area contributed by atoms with Gasteiger partial charge < -0.3 is 4.90 Å². The molecule has 0 spiro atoms. The third-order valence-electron chi connectivity index (χ3n) is 2.25. The zero-order valence-electron chi connectivity index (χ0n) is 7.17. The van der Waals surface area contributed by atoms with Crippen LogP contribution in [0.25, 0.3) is 5.70 Å². The van der Waals surface area contributed by atoms with E-state index in [1.54, 1.807) is 19.2 Å². The summed E-state index contributed by atoms with van der Waals surface area (Å²) in [7, 11) is 1.59. The van der Waals surface area contributed by atoms with E-state index in [0.717, 1.165) is 0 Å². The molecule has 0 aromatic heterocycles. The summed E-state index contributed by atoms with van der Waals surface area (Å²) in [5.41, 5.74) is 1.28. The van der Waals surface area contributed by atoms with Gasteiger partial charge >= 0.3 is 0 Å². The maximum absolute atomic E-state index is 13.2. The van der Waals surface area contributed by atoms with Gasteiger partial charge in [-0.2, -0.15) is 0 Å². The molecule has 13 heavy (non-hydrogen) atoms. The molecular formula is C10H8FNO. The van der Waals surface area contributed by atoms with Gasteiger partial charge in [-0.05, 0) is 6.07 Å². The summed E-state index contributed by atoms with van der Waals surface area (Å²) in [5, 5.41) is 0. The van der Waals surface area contributed by atoms with E-state index in [4.69, 9.17) is 0 Å². The molecule has 0 fully saturated rings. The van der Waals surface area contributed by atoms with Crippen LogP contribution in [0.1, 0.15) is 15.9 Å². The van der Waals surface area contributed by atoms with E-state index in [0.29, 0.717) is 11.3 Å². The summed E-state index contributed by atoms with van der Waals surface area (Å²) in [6.07, 6.45) is 0. The number of hydrogen-bond acceptors (Lipinski definition) is 1. The number of rotatable bonds is 0. The normalized spacial score (nSPS) is 15.1. The molecule has 3 heteroatoms. The molecular weight excluding hydrogens is 169 g/mol. The van der Waals surface area contributed by atoms with Crippen molar-refractivity contribution >= 4 is 11.6 Å². The summed E-state index contributed by atoms with van der Waals surface area (Å²) < 4.78 is 13.2. The van der Waals surface area contributed by atoms with Crippen molar-refractivity contribution in [2.24, 2.45) is 0 Å². The number of amides is 1. The van der Waals surface area contributed by atoms with Gasteiger partial charge in [0.15, 0.2) is 0 Å². The quantitative estimate of drug-likeness (QED) is 0.592. The SMILES string of the molecule is C=C1c2cccc(F)c2C(=O)N1C. The van der Waals surface area contributed by atoms with Gasteiger partial charge in [-0.25, -0.2) is 4.39 Å². The lowest BCUT2D eigenvalue weighted by molar-refractivity contribution is 0.0871. The molecule has 1 aliphatic rings. The van der Waals surface area contributed by atoms with Crippen LogP contribution in [0.15, 0.2) is 24.8 Å². The Morgan fingerprint density at radius 1 is 1.46 bits per heavy atom. The second-order valence-electron chi connectivity index (χ2n) is 2.97. The molecule has 66 valence electrons. The van der Waals surface area contributed by atoms with E-state index in [1.165, 1.54) is 11.0 Å². The molecule has 0 N–H and O–H groups in total. The van der Waals surface area contributed by atoms with Gasteiger partial charge in [0.25, 0.3) is 5.91 Å². The number of hydrogen-bond donors (Lipinski definition) is 0. The average molecular weight is 177 g/mol. The van der Waals surface area contributed by atoms with Crippen molar-refractivity contribution in [1.82, 2.24) is 4.90 Å². The van der Waals surface area contributed by atoms with Crippen LogP contribution in [-0.4, -0.2) is 17.9 Å². The van der Waals surface area contributed by atoms with E-state index >= 15 is 0 Å². The van der Waals surface area contributed by atoms with E-state index in [-0.39, 0.29) is 11.5 Å². The Kier molecular flexibility index (Phi) is 1.49. The smallest absolute Gasteiger partial charge is 0.261 e. The maximum Gasteiger partial charge on any atom is 0.261 e. The van der Waals surface area contributed by atoms with E-state index in [2.05, 4.69) is 6.58 Å². The van der Waals surface area contributed by atoms with Gasteiger partial charge in [-0.15, -0.1) is 0 Å². The van der Waals surface area contributed by atoms with Crippen molar-refractivity contribution in [2.75, 3.05) is 7.05 Å². The Morgan fingerprint density at radius 3 is 2.77 bits per heavy atom. The first-order chi connectivity index (χ1) is 6.13. The molecule has 2 nitrogen and oxygen atoms in total. The van der Waals surface area contributed by atoms with Gasteiger partial charge in [-0.1, -0.05) is 18.7 Å². The van der Waals surface area contributed by atoms with E-state index in [9.17, 15) is 9.18 Å². The number of benzene rings is 1. The summed E-state index contributed by atoms with van der Waals surface area (Å²) in [4.78, 5) is 12.8. The lowest BCUT2D eigenvalue weighted by Crippen LogP contribution is -2.17. The second-order valence-corrected chi connectivity index (χ2v) is 2.97. The van der Waals surface area contributed by atoms with Crippen LogP contribution in [0.5, 0.6) is 0 Å². The minimum absolute atomic E-state index is 0.134. The summed E-state index contributed by atoms with van der Waals surface area (Å²) >= 11 is 0. The van der Waals surface area contributed by atoms with Crippen molar-refractivity contribution in [3.05, 3.63) is 41.7 Å². The number of carbonyl (C=O) groups is 1. The van der Waals surface area contributed by atoms with Gasteiger partial charge in [0, 0.05) is 18.3 Å². The molecule has 0 atom stereocenters. The van der Waals surface area contributed by atoms with Crippen LogP contribution in [0.3, 0.4) is 0 Å². The third-order valence-corrected chi connectivity index (χ3v) is 2.25. The summed E-state index contributed by atoms with van der Waals surface area (Å²) in [6, 6.07) is 4.55. The molecule has 0 unspecified atom stereocenters.